The molecule has 1 heterocycles. The molecule has 1 aliphatic rings. The van der Waals surface area contributed by atoms with Gasteiger partial charge in [-0.15, -0.1) is 0 Å². The average molecular weight is 450 g/mol. The predicted molar refractivity (Wildman–Crippen MR) is 113 cm³/mol. The molecule has 1 saturated heterocycles. The van der Waals surface area contributed by atoms with Crippen LogP contribution in [0.1, 0.15) is 29.6 Å². The zero-order valence-corrected chi connectivity index (χ0v) is 17.5. The smallest absolute Gasteiger partial charge is 0.292 e. The maximum atomic E-state index is 14.3. The SMILES string of the molecule is O=C(NCCNc1ccccc1[N+](=O)[O-])c1ccc(F)c(S(=O)(=O)N2CCCCC2)c1. The summed E-state index contributed by atoms with van der Waals surface area (Å²) in [5.41, 5.74) is 0.251. The summed E-state index contributed by atoms with van der Waals surface area (Å²) in [6, 6.07) is 9.35. The Morgan fingerprint density at radius 3 is 2.52 bits per heavy atom. The molecule has 0 bridgehead atoms. The number of carbonyl (C=O) groups excluding carboxylic acids is 1. The largest absolute Gasteiger partial charge is 0.378 e. The predicted octanol–water partition coefficient (Wildman–Crippen LogP) is 2.75. The van der Waals surface area contributed by atoms with E-state index in [0.717, 1.165) is 18.6 Å². The third-order valence-corrected chi connectivity index (χ3v) is 6.87. The van der Waals surface area contributed by atoms with E-state index in [2.05, 4.69) is 10.6 Å². The van der Waals surface area contributed by atoms with E-state index in [-0.39, 0.29) is 24.3 Å². The van der Waals surface area contributed by atoms with Crippen molar-refractivity contribution in [3.63, 3.8) is 0 Å². The summed E-state index contributed by atoms with van der Waals surface area (Å²) in [6.45, 7) is 0.984. The van der Waals surface area contributed by atoms with Gasteiger partial charge in [0.05, 0.1) is 4.92 Å². The van der Waals surface area contributed by atoms with Crippen LogP contribution in [-0.2, 0) is 10.0 Å². The number of amides is 1. The summed E-state index contributed by atoms with van der Waals surface area (Å²) in [4.78, 5) is 22.4. The summed E-state index contributed by atoms with van der Waals surface area (Å²) in [7, 11) is -4.02. The van der Waals surface area contributed by atoms with Crippen molar-refractivity contribution >= 4 is 27.3 Å². The Balaban J connectivity index is 1.64. The van der Waals surface area contributed by atoms with Gasteiger partial charge in [0.15, 0.2) is 0 Å². The first-order chi connectivity index (χ1) is 14.8. The molecule has 2 N–H and O–H groups in total. The highest BCUT2D eigenvalue weighted by molar-refractivity contribution is 7.89. The highest BCUT2D eigenvalue weighted by Gasteiger charge is 2.29. The highest BCUT2D eigenvalue weighted by atomic mass is 32.2. The first-order valence-corrected chi connectivity index (χ1v) is 11.3. The van der Waals surface area contributed by atoms with Gasteiger partial charge in [0, 0.05) is 37.8 Å². The van der Waals surface area contributed by atoms with E-state index in [1.807, 2.05) is 0 Å². The van der Waals surface area contributed by atoms with Gasteiger partial charge in [-0.1, -0.05) is 18.6 Å². The van der Waals surface area contributed by atoms with Crippen molar-refractivity contribution in [1.29, 1.82) is 0 Å². The summed E-state index contributed by atoms with van der Waals surface area (Å²) in [5, 5.41) is 16.5. The van der Waals surface area contributed by atoms with Crippen LogP contribution in [0.25, 0.3) is 0 Å². The van der Waals surface area contributed by atoms with E-state index < -0.39 is 31.6 Å². The van der Waals surface area contributed by atoms with Crippen molar-refractivity contribution in [3.8, 4) is 0 Å². The molecular formula is C20H23FN4O5S. The van der Waals surface area contributed by atoms with Crippen LogP contribution in [0.3, 0.4) is 0 Å². The molecule has 0 radical (unpaired) electrons. The van der Waals surface area contributed by atoms with Crippen LogP contribution in [0.4, 0.5) is 15.8 Å². The molecule has 11 heteroatoms. The Hall–Kier alpha value is -3.05. The number of nitrogens with one attached hydrogen (secondary N) is 2. The van der Waals surface area contributed by atoms with Crippen molar-refractivity contribution in [3.05, 3.63) is 64.0 Å². The second-order valence-corrected chi connectivity index (χ2v) is 8.97. The monoisotopic (exact) mass is 450 g/mol. The van der Waals surface area contributed by atoms with E-state index in [1.165, 1.54) is 16.4 Å². The maximum absolute atomic E-state index is 14.3. The van der Waals surface area contributed by atoms with Crippen molar-refractivity contribution in [1.82, 2.24) is 9.62 Å². The molecule has 0 aliphatic carbocycles. The summed E-state index contributed by atoms with van der Waals surface area (Å²) in [6.07, 6.45) is 2.36. The fourth-order valence-electron chi connectivity index (χ4n) is 3.34. The Morgan fingerprint density at radius 1 is 1.10 bits per heavy atom. The lowest BCUT2D eigenvalue weighted by Gasteiger charge is -2.26. The van der Waals surface area contributed by atoms with Crippen molar-refractivity contribution < 1.29 is 22.5 Å². The zero-order valence-electron chi connectivity index (χ0n) is 16.7. The number of sulfonamides is 1. The molecule has 0 atom stereocenters. The number of carbonyl (C=O) groups is 1. The number of rotatable bonds is 8. The summed E-state index contributed by atoms with van der Waals surface area (Å²) < 4.78 is 41.1. The van der Waals surface area contributed by atoms with Crippen LogP contribution in [-0.4, -0.2) is 49.7 Å². The summed E-state index contributed by atoms with van der Waals surface area (Å²) in [5.74, 6) is -1.47. The number of piperidine rings is 1. The number of hydrogen-bond acceptors (Lipinski definition) is 6. The Labute approximate surface area is 179 Å². The minimum Gasteiger partial charge on any atom is -0.378 e. The number of halogens is 1. The standard InChI is InChI=1S/C20H23FN4O5S/c21-16-9-8-15(14-19(16)31(29,30)24-12-4-1-5-13-24)20(26)23-11-10-22-17-6-2-3-7-18(17)25(27)28/h2-3,6-9,14,22H,1,4-5,10-13H2,(H,23,26). The van der Waals surface area contributed by atoms with Gasteiger partial charge in [-0.25, -0.2) is 12.8 Å². The van der Waals surface area contributed by atoms with Crippen LogP contribution in [0.15, 0.2) is 47.4 Å². The number of para-hydroxylation sites is 2. The number of benzene rings is 2. The van der Waals surface area contributed by atoms with Crippen molar-refractivity contribution in [2.24, 2.45) is 0 Å². The number of nitrogens with zero attached hydrogens (tertiary/aromatic N) is 2. The van der Waals surface area contributed by atoms with Crippen LogP contribution in [0.5, 0.6) is 0 Å². The van der Waals surface area contributed by atoms with Gasteiger partial charge in [-0.2, -0.15) is 4.31 Å². The quantitative estimate of drug-likeness (QED) is 0.362. The lowest BCUT2D eigenvalue weighted by molar-refractivity contribution is -0.384. The van der Waals surface area contributed by atoms with E-state index in [1.54, 1.807) is 18.2 Å². The first-order valence-electron chi connectivity index (χ1n) is 9.86. The average Bonchev–Trinajstić information content (AvgIpc) is 2.77. The number of nitro benzene ring substituents is 1. The van der Waals surface area contributed by atoms with E-state index >= 15 is 0 Å². The second kappa shape index (κ2) is 9.84. The van der Waals surface area contributed by atoms with Crippen molar-refractivity contribution in [2.45, 2.75) is 24.2 Å². The molecule has 0 saturated carbocycles. The molecule has 2 aromatic rings. The van der Waals surface area contributed by atoms with Gasteiger partial charge in [-0.3, -0.25) is 14.9 Å². The molecule has 166 valence electrons. The fourth-order valence-corrected chi connectivity index (χ4v) is 4.95. The molecule has 9 nitrogen and oxygen atoms in total. The molecule has 31 heavy (non-hydrogen) atoms. The number of anilines is 1. The van der Waals surface area contributed by atoms with Gasteiger partial charge in [-0.05, 0) is 37.1 Å². The molecule has 1 fully saturated rings. The maximum Gasteiger partial charge on any atom is 0.292 e. The zero-order chi connectivity index (χ0) is 22.4. The molecule has 0 aromatic heterocycles. The third kappa shape index (κ3) is 5.36. The normalized spacial score (nSPS) is 14.7. The van der Waals surface area contributed by atoms with E-state index in [9.17, 15) is 27.7 Å². The lowest BCUT2D eigenvalue weighted by atomic mass is 10.2. The molecule has 0 spiro atoms. The summed E-state index contributed by atoms with van der Waals surface area (Å²) >= 11 is 0. The minimum absolute atomic E-state index is 0.0164. The minimum atomic E-state index is -4.02. The van der Waals surface area contributed by atoms with Gasteiger partial charge < -0.3 is 10.6 Å². The molecular weight excluding hydrogens is 427 g/mol. The Bertz CT molecular complexity index is 1070. The van der Waals surface area contributed by atoms with Crippen molar-refractivity contribution in [2.75, 3.05) is 31.5 Å². The molecule has 0 unspecified atom stereocenters. The Morgan fingerprint density at radius 2 is 1.81 bits per heavy atom. The molecule has 1 aliphatic heterocycles. The highest BCUT2D eigenvalue weighted by Crippen LogP contribution is 2.24. The Kier molecular flexibility index (Phi) is 7.18. The van der Waals surface area contributed by atoms with Gasteiger partial charge >= 0.3 is 0 Å². The van der Waals surface area contributed by atoms with E-state index in [4.69, 9.17) is 0 Å². The third-order valence-electron chi connectivity index (χ3n) is 4.95. The fraction of sp³-hybridized carbons (Fsp3) is 0.350. The molecule has 2 aromatic carbocycles. The van der Waals surface area contributed by atoms with Gasteiger partial charge in [0.2, 0.25) is 10.0 Å². The van der Waals surface area contributed by atoms with Crippen LogP contribution in [0.2, 0.25) is 0 Å². The first kappa shape index (κ1) is 22.6. The molecule has 3 rings (SSSR count). The molecule has 1 amide bonds. The van der Waals surface area contributed by atoms with Crippen LogP contribution >= 0.6 is 0 Å². The number of nitro groups is 1. The van der Waals surface area contributed by atoms with Gasteiger partial charge in [0.1, 0.15) is 16.4 Å². The van der Waals surface area contributed by atoms with Crippen LogP contribution < -0.4 is 10.6 Å². The lowest BCUT2D eigenvalue weighted by Crippen LogP contribution is -2.36. The second-order valence-electron chi connectivity index (χ2n) is 7.07. The number of hydrogen-bond donors (Lipinski definition) is 2. The topological polar surface area (TPSA) is 122 Å². The van der Waals surface area contributed by atoms with E-state index in [0.29, 0.717) is 31.6 Å². The van der Waals surface area contributed by atoms with Crippen LogP contribution in [0, 0.1) is 15.9 Å². The van der Waals surface area contributed by atoms with Gasteiger partial charge in [0.25, 0.3) is 11.6 Å².